The Balaban J connectivity index is 1.65. The van der Waals surface area contributed by atoms with Crippen LogP contribution in [0.3, 0.4) is 0 Å². The molecule has 0 bridgehead atoms. The summed E-state index contributed by atoms with van der Waals surface area (Å²) in [5.74, 6) is 2.33. The summed E-state index contributed by atoms with van der Waals surface area (Å²) in [6, 6.07) is 5.52. The van der Waals surface area contributed by atoms with Gasteiger partial charge in [-0.1, -0.05) is 13.0 Å². The fourth-order valence-electron chi connectivity index (χ4n) is 5.97. The first kappa shape index (κ1) is 17.0. The maximum absolute atomic E-state index is 12.6. The van der Waals surface area contributed by atoms with Crippen LogP contribution in [0.1, 0.15) is 62.5 Å². The van der Waals surface area contributed by atoms with Gasteiger partial charge in [0.2, 0.25) is 0 Å². The monoisotopic (exact) mass is 363 g/mol. The maximum atomic E-state index is 12.6. The van der Waals surface area contributed by atoms with Gasteiger partial charge < -0.3 is 4.18 Å². The topological polar surface area (TPSA) is 86.5 Å². The van der Waals surface area contributed by atoms with Gasteiger partial charge in [-0.15, -0.1) is 0 Å². The number of rotatable bonds is 3. The zero-order valence-corrected chi connectivity index (χ0v) is 15.3. The first-order valence-corrected chi connectivity index (χ1v) is 10.7. The third-order valence-electron chi connectivity index (χ3n) is 6.99. The molecule has 0 spiro atoms. The molecular weight excluding hydrogens is 338 g/mol. The van der Waals surface area contributed by atoms with Crippen molar-refractivity contribution in [3.8, 4) is 5.75 Å². The molecule has 3 aliphatic rings. The molecule has 1 aromatic carbocycles. The highest BCUT2D eigenvalue weighted by molar-refractivity contribution is 7.84. The third-order valence-corrected chi connectivity index (χ3v) is 7.41. The van der Waals surface area contributed by atoms with Crippen molar-refractivity contribution >= 4 is 16.1 Å². The fraction of sp³-hybridized carbons (Fsp3) is 0.632. The minimum absolute atomic E-state index is 0.0741. The minimum atomic E-state index is -3.99. The molecule has 1 aromatic rings. The molecule has 0 heterocycles. The summed E-state index contributed by atoms with van der Waals surface area (Å²) in [7, 11) is -3.99. The molecule has 0 saturated heterocycles. The average molecular weight is 363 g/mol. The van der Waals surface area contributed by atoms with Crippen molar-refractivity contribution in [1.82, 2.24) is 0 Å². The van der Waals surface area contributed by atoms with E-state index in [0.717, 1.165) is 50.5 Å². The van der Waals surface area contributed by atoms with E-state index in [4.69, 9.17) is 9.32 Å². The molecular formula is C19H25NO4S. The van der Waals surface area contributed by atoms with Crippen molar-refractivity contribution in [1.29, 1.82) is 0 Å². The van der Waals surface area contributed by atoms with Crippen LogP contribution in [-0.4, -0.2) is 14.2 Å². The van der Waals surface area contributed by atoms with Crippen molar-refractivity contribution < 1.29 is 17.4 Å². The van der Waals surface area contributed by atoms with Gasteiger partial charge in [0, 0.05) is 11.8 Å². The SMILES string of the molecule is CC[C@]12CC[C@@H]3c4ccc(OS(N)(=O)=O)cc4CC[C@H]3[C@@H]1CCC2=O. The van der Waals surface area contributed by atoms with E-state index in [1.807, 2.05) is 12.1 Å². The molecule has 4 atom stereocenters. The average Bonchev–Trinajstić information content (AvgIpc) is 2.90. The minimum Gasteiger partial charge on any atom is -0.371 e. The number of ketones is 1. The first-order valence-electron chi connectivity index (χ1n) is 9.22. The van der Waals surface area contributed by atoms with Gasteiger partial charge in [0.1, 0.15) is 11.5 Å². The van der Waals surface area contributed by atoms with Gasteiger partial charge in [0.15, 0.2) is 0 Å². The second kappa shape index (κ2) is 5.81. The molecule has 0 unspecified atom stereocenters. The number of hydrogen-bond acceptors (Lipinski definition) is 4. The standard InChI is InChI=1S/C19H25NO4S/c1-2-19-10-9-15-14-6-4-13(24-25(20,22)23)11-12(14)3-5-16(15)17(19)7-8-18(19)21/h4,6,11,15-17H,2-3,5,7-10H2,1H3,(H2,20,22,23)/t15-,16-,17+,19+/m1/s1. The number of aryl methyl sites for hydroxylation is 1. The predicted octanol–water partition coefficient (Wildman–Crippen LogP) is 3.08. The van der Waals surface area contributed by atoms with E-state index in [2.05, 4.69) is 6.92 Å². The van der Waals surface area contributed by atoms with Crippen molar-refractivity contribution in [3.05, 3.63) is 29.3 Å². The molecule has 0 radical (unpaired) electrons. The van der Waals surface area contributed by atoms with Crippen molar-refractivity contribution in [3.63, 3.8) is 0 Å². The molecule has 0 amide bonds. The molecule has 25 heavy (non-hydrogen) atoms. The molecule has 4 rings (SSSR count). The molecule has 3 aliphatic carbocycles. The number of Topliss-reactive ketones (excluding diaryl/α,β-unsaturated/α-hetero) is 1. The van der Waals surface area contributed by atoms with Crippen molar-refractivity contribution in [2.24, 2.45) is 22.4 Å². The van der Waals surface area contributed by atoms with Crippen LogP contribution in [0.5, 0.6) is 5.75 Å². The lowest BCUT2D eigenvalue weighted by Crippen LogP contribution is -2.44. The summed E-state index contributed by atoms with van der Waals surface area (Å²) in [6.07, 6.45) is 6.75. The lowest BCUT2D eigenvalue weighted by molar-refractivity contribution is -0.131. The molecule has 0 aromatic heterocycles. The van der Waals surface area contributed by atoms with E-state index in [0.29, 0.717) is 23.5 Å². The maximum Gasteiger partial charge on any atom is 0.380 e. The van der Waals surface area contributed by atoms with E-state index >= 15 is 0 Å². The van der Waals surface area contributed by atoms with Gasteiger partial charge in [0.25, 0.3) is 0 Å². The van der Waals surface area contributed by atoms with Gasteiger partial charge in [-0.2, -0.15) is 13.6 Å². The largest absolute Gasteiger partial charge is 0.380 e. The van der Waals surface area contributed by atoms with E-state index in [9.17, 15) is 13.2 Å². The van der Waals surface area contributed by atoms with Crippen LogP contribution >= 0.6 is 0 Å². The number of hydrogen-bond donors (Lipinski definition) is 1. The summed E-state index contributed by atoms with van der Waals surface area (Å²) in [5.41, 5.74) is 2.40. The summed E-state index contributed by atoms with van der Waals surface area (Å²) in [6.45, 7) is 2.17. The molecule has 5 nitrogen and oxygen atoms in total. The second-order valence-electron chi connectivity index (χ2n) is 7.86. The zero-order chi connectivity index (χ0) is 17.8. The van der Waals surface area contributed by atoms with Crippen LogP contribution in [0.4, 0.5) is 0 Å². The van der Waals surface area contributed by atoms with Crippen molar-refractivity contribution in [2.45, 2.75) is 57.8 Å². The Hall–Kier alpha value is -1.40. The smallest absolute Gasteiger partial charge is 0.371 e. The lowest BCUT2D eigenvalue weighted by atomic mass is 9.54. The Morgan fingerprint density at radius 1 is 1.24 bits per heavy atom. The summed E-state index contributed by atoms with van der Waals surface area (Å²) in [5, 5.41) is 4.97. The van der Waals surface area contributed by atoms with E-state index < -0.39 is 10.3 Å². The third kappa shape index (κ3) is 2.70. The summed E-state index contributed by atoms with van der Waals surface area (Å²) in [4.78, 5) is 12.6. The van der Waals surface area contributed by atoms with Gasteiger partial charge in [-0.25, -0.2) is 0 Å². The van der Waals surface area contributed by atoms with E-state index in [1.165, 1.54) is 5.56 Å². The van der Waals surface area contributed by atoms with Crippen LogP contribution in [0, 0.1) is 17.3 Å². The first-order chi connectivity index (χ1) is 11.8. The van der Waals surface area contributed by atoms with Crippen LogP contribution in [0.25, 0.3) is 0 Å². The zero-order valence-electron chi connectivity index (χ0n) is 14.5. The Kier molecular flexibility index (Phi) is 3.96. The number of carbonyl (C=O) groups excluding carboxylic acids is 1. The second-order valence-corrected chi connectivity index (χ2v) is 9.01. The van der Waals surface area contributed by atoms with Gasteiger partial charge >= 0.3 is 10.3 Å². The van der Waals surface area contributed by atoms with Gasteiger partial charge in [-0.05, 0) is 79.5 Å². The molecule has 0 aliphatic heterocycles. The Labute approximate surface area is 149 Å². The molecule has 136 valence electrons. The number of nitrogens with two attached hydrogens (primary N) is 1. The van der Waals surface area contributed by atoms with Crippen LogP contribution < -0.4 is 9.32 Å². The summed E-state index contributed by atoms with van der Waals surface area (Å²) < 4.78 is 27.1. The number of fused-ring (bicyclic) bond motifs is 5. The highest BCUT2D eigenvalue weighted by Gasteiger charge is 2.56. The molecule has 2 saturated carbocycles. The van der Waals surface area contributed by atoms with Gasteiger partial charge in [0.05, 0.1) is 0 Å². The van der Waals surface area contributed by atoms with Crippen LogP contribution in [0.15, 0.2) is 18.2 Å². The predicted molar refractivity (Wildman–Crippen MR) is 94.4 cm³/mol. The molecule has 2 N–H and O–H groups in total. The Morgan fingerprint density at radius 2 is 2.04 bits per heavy atom. The Morgan fingerprint density at radius 3 is 2.76 bits per heavy atom. The Bertz CT molecular complexity index is 819. The number of benzene rings is 1. The fourth-order valence-corrected chi connectivity index (χ4v) is 6.34. The van der Waals surface area contributed by atoms with Crippen LogP contribution in [-0.2, 0) is 21.5 Å². The van der Waals surface area contributed by atoms with E-state index in [-0.39, 0.29) is 11.2 Å². The lowest BCUT2D eigenvalue weighted by Gasteiger charge is -2.49. The van der Waals surface area contributed by atoms with Gasteiger partial charge in [-0.3, -0.25) is 4.79 Å². The normalized spacial score (nSPS) is 34.2. The van der Waals surface area contributed by atoms with Crippen molar-refractivity contribution in [2.75, 3.05) is 0 Å². The van der Waals surface area contributed by atoms with E-state index in [1.54, 1.807) is 6.07 Å². The quantitative estimate of drug-likeness (QED) is 0.894. The number of carbonyl (C=O) groups is 1. The highest BCUT2D eigenvalue weighted by Crippen LogP contribution is 2.61. The molecule has 6 heteroatoms. The highest BCUT2D eigenvalue weighted by atomic mass is 32.2. The molecule has 2 fully saturated rings. The van der Waals surface area contributed by atoms with Crippen LogP contribution in [0.2, 0.25) is 0 Å². The summed E-state index contributed by atoms with van der Waals surface area (Å²) >= 11 is 0.